The number of nitrogens with zero attached hydrogens (tertiary/aromatic N) is 1. The molecule has 7 heteroatoms. The molecule has 2 N–H and O–H groups in total. The highest BCUT2D eigenvalue weighted by molar-refractivity contribution is 7.89. The van der Waals surface area contributed by atoms with Crippen LogP contribution in [0.25, 0.3) is 0 Å². The van der Waals surface area contributed by atoms with Crippen molar-refractivity contribution in [3.63, 3.8) is 0 Å². The fourth-order valence-corrected chi connectivity index (χ4v) is 4.04. The number of rotatable bonds is 7. The van der Waals surface area contributed by atoms with Gasteiger partial charge in [-0.3, -0.25) is 4.79 Å². The van der Waals surface area contributed by atoms with E-state index in [-0.39, 0.29) is 23.8 Å². The number of nitrogens with one attached hydrogen (secondary N) is 2. The predicted molar refractivity (Wildman–Crippen MR) is 99.0 cm³/mol. The number of amides is 1. The van der Waals surface area contributed by atoms with Gasteiger partial charge in [0.2, 0.25) is 15.9 Å². The maximum atomic E-state index is 12.3. The lowest BCUT2D eigenvalue weighted by Gasteiger charge is -2.32. The Bertz CT molecular complexity index is 671. The molecule has 1 atom stereocenters. The standard InChI is InChI=1S/C18H29N3O3S/c1-14(2)15-6-8-17(9-7-15)25(23,24)20-11-10-18(22)21-12-4-5-16(13-21)19-3/h6-9,14,16,19-20H,4-5,10-13H2,1-3H3. The first kappa shape index (κ1) is 19.9. The van der Waals surface area contributed by atoms with E-state index in [9.17, 15) is 13.2 Å². The third kappa shape index (κ3) is 5.52. The molecule has 0 radical (unpaired) electrons. The van der Waals surface area contributed by atoms with Crippen molar-refractivity contribution in [2.45, 2.75) is 50.0 Å². The molecule has 6 nitrogen and oxygen atoms in total. The summed E-state index contributed by atoms with van der Waals surface area (Å²) in [6, 6.07) is 7.21. The molecule has 1 aliphatic rings. The molecule has 2 rings (SSSR count). The van der Waals surface area contributed by atoms with Crippen molar-refractivity contribution >= 4 is 15.9 Å². The number of hydrogen-bond donors (Lipinski definition) is 2. The summed E-state index contributed by atoms with van der Waals surface area (Å²) in [6.45, 7) is 5.69. The largest absolute Gasteiger partial charge is 0.341 e. The van der Waals surface area contributed by atoms with Crippen molar-refractivity contribution in [3.8, 4) is 0 Å². The van der Waals surface area contributed by atoms with Gasteiger partial charge in [-0.2, -0.15) is 0 Å². The van der Waals surface area contributed by atoms with Crippen LogP contribution in [-0.2, 0) is 14.8 Å². The molecule has 1 aromatic rings. The highest BCUT2D eigenvalue weighted by Gasteiger charge is 2.22. The van der Waals surface area contributed by atoms with Gasteiger partial charge in [-0.1, -0.05) is 26.0 Å². The SMILES string of the molecule is CNC1CCCN(C(=O)CCNS(=O)(=O)c2ccc(C(C)C)cc2)C1. The molecule has 1 saturated heterocycles. The Morgan fingerprint density at radius 3 is 2.56 bits per heavy atom. The Morgan fingerprint density at radius 1 is 1.28 bits per heavy atom. The number of sulfonamides is 1. The van der Waals surface area contributed by atoms with E-state index in [1.165, 1.54) is 0 Å². The summed E-state index contributed by atoms with van der Waals surface area (Å²) >= 11 is 0. The molecule has 0 spiro atoms. The van der Waals surface area contributed by atoms with Gasteiger partial charge in [0.1, 0.15) is 0 Å². The van der Waals surface area contributed by atoms with Gasteiger partial charge in [-0.25, -0.2) is 13.1 Å². The van der Waals surface area contributed by atoms with E-state index in [0.717, 1.165) is 24.9 Å². The summed E-state index contributed by atoms with van der Waals surface area (Å²) in [7, 11) is -1.68. The van der Waals surface area contributed by atoms with E-state index >= 15 is 0 Å². The first-order chi connectivity index (χ1) is 11.8. The lowest BCUT2D eigenvalue weighted by molar-refractivity contribution is -0.132. The summed E-state index contributed by atoms with van der Waals surface area (Å²) in [6.07, 6.45) is 2.23. The predicted octanol–water partition coefficient (Wildman–Crippen LogP) is 1.69. The Balaban J connectivity index is 1.86. The van der Waals surface area contributed by atoms with Gasteiger partial charge in [0.05, 0.1) is 4.90 Å². The molecular weight excluding hydrogens is 338 g/mol. The van der Waals surface area contributed by atoms with Crippen LogP contribution >= 0.6 is 0 Å². The lowest BCUT2D eigenvalue weighted by Crippen LogP contribution is -2.47. The van der Waals surface area contributed by atoms with Crippen LogP contribution in [-0.4, -0.2) is 51.9 Å². The zero-order chi connectivity index (χ0) is 18.4. The van der Waals surface area contributed by atoms with Gasteiger partial charge in [0, 0.05) is 32.1 Å². The first-order valence-electron chi connectivity index (χ1n) is 8.88. The Kier molecular flexibility index (Phi) is 6.98. The number of carbonyl (C=O) groups excluding carboxylic acids is 1. The summed E-state index contributed by atoms with van der Waals surface area (Å²) in [4.78, 5) is 14.3. The average Bonchev–Trinajstić information content (AvgIpc) is 2.61. The summed E-state index contributed by atoms with van der Waals surface area (Å²) in [5.41, 5.74) is 1.10. The summed E-state index contributed by atoms with van der Waals surface area (Å²) in [5.74, 6) is 0.353. The first-order valence-corrected chi connectivity index (χ1v) is 10.4. The van der Waals surface area contributed by atoms with Gasteiger partial charge in [-0.15, -0.1) is 0 Å². The monoisotopic (exact) mass is 367 g/mol. The van der Waals surface area contributed by atoms with E-state index < -0.39 is 10.0 Å². The van der Waals surface area contributed by atoms with Crippen LogP contribution in [0.3, 0.4) is 0 Å². The molecule has 1 heterocycles. The minimum Gasteiger partial charge on any atom is -0.341 e. The normalized spacial score (nSPS) is 18.6. The van der Waals surface area contributed by atoms with E-state index in [2.05, 4.69) is 23.9 Å². The van der Waals surface area contributed by atoms with E-state index in [4.69, 9.17) is 0 Å². The summed E-state index contributed by atoms with van der Waals surface area (Å²) < 4.78 is 27.2. The fraction of sp³-hybridized carbons (Fsp3) is 0.611. The minimum absolute atomic E-state index is 0.00203. The van der Waals surface area contributed by atoms with E-state index in [1.54, 1.807) is 12.1 Å². The molecule has 25 heavy (non-hydrogen) atoms. The van der Waals surface area contributed by atoms with Crippen molar-refractivity contribution in [1.29, 1.82) is 0 Å². The van der Waals surface area contributed by atoms with Crippen molar-refractivity contribution in [2.24, 2.45) is 0 Å². The second-order valence-corrected chi connectivity index (χ2v) is 8.61. The van der Waals surface area contributed by atoms with Crippen molar-refractivity contribution in [3.05, 3.63) is 29.8 Å². The molecule has 1 fully saturated rings. The van der Waals surface area contributed by atoms with Crippen LogP contribution in [0.4, 0.5) is 0 Å². The van der Waals surface area contributed by atoms with Crippen LogP contribution in [0.2, 0.25) is 0 Å². The maximum absolute atomic E-state index is 12.3. The number of hydrogen-bond acceptors (Lipinski definition) is 4. The maximum Gasteiger partial charge on any atom is 0.240 e. The molecule has 0 aliphatic carbocycles. The Morgan fingerprint density at radius 2 is 1.96 bits per heavy atom. The molecule has 0 saturated carbocycles. The van der Waals surface area contributed by atoms with Crippen molar-refractivity contribution in [2.75, 3.05) is 26.7 Å². The molecular formula is C18H29N3O3S. The fourth-order valence-electron chi connectivity index (χ4n) is 3.00. The topological polar surface area (TPSA) is 78.5 Å². The van der Waals surface area contributed by atoms with Crippen LogP contribution in [0, 0.1) is 0 Å². The van der Waals surface area contributed by atoms with E-state index in [1.807, 2.05) is 24.1 Å². The Labute approximate surface area is 151 Å². The third-order valence-electron chi connectivity index (χ3n) is 4.67. The van der Waals surface area contributed by atoms with Crippen LogP contribution in [0.1, 0.15) is 44.6 Å². The number of likely N-dealkylation sites (N-methyl/N-ethyl adjacent to an activating group) is 1. The highest BCUT2D eigenvalue weighted by atomic mass is 32.2. The molecule has 140 valence electrons. The quantitative estimate of drug-likeness (QED) is 0.769. The minimum atomic E-state index is -3.58. The molecule has 1 unspecified atom stereocenters. The Hall–Kier alpha value is -1.44. The highest BCUT2D eigenvalue weighted by Crippen LogP contribution is 2.17. The van der Waals surface area contributed by atoms with Gasteiger partial charge in [0.15, 0.2) is 0 Å². The number of benzene rings is 1. The van der Waals surface area contributed by atoms with Crippen molar-refractivity contribution in [1.82, 2.24) is 14.9 Å². The second-order valence-electron chi connectivity index (χ2n) is 6.84. The number of likely N-dealkylation sites (tertiary alicyclic amines) is 1. The number of piperidine rings is 1. The van der Waals surface area contributed by atoms with Crippen molar-refractivity contribution < 1.29 is 13.2 Å². The van der Waals surface area contributed by atoms with Gasteiger partial charge < -0.3 is 10.2 Å². The average molecular weight is 368 g/mol. The molecule has 1 aliphatic heterocycles. The number of carbonyl (C=O) groups is 1. The summed E-state index contributed by atoms with van der Waals surface area (Å²) in [5, 5.41) is 3.20. The third-order valence-corrected chi connectivity index (χ3v) is 6.15. The molecule has 0 aromatic heterocycles. The van der Waals surface area contributed by atoms with E-state index in [0.29, 0.717) is 18.5 Å². The molecule has 0 bridgehead atoms. The van der Waals surface area contributed by atoms with Gasteiger partial charge >= 0.3 is 0 Å². The zero-order valence-electron chi connectivity index (χ0n) is 15.3. The van der Waals surface area contributed by atoms with Gasteiger partial charge in [0.25, 0.3) is 0 Å². The second kappa shape index (κ2) is 8.78. The van der Waals surface area contributed by atoms with Gasteiger partial charge in [-0.05, 0) is 43.5 Å². The zero-order valence-corrected chi connectivity index (χ0v) is 16.1. The molecule has 1 aromatic carbocycles. The smallest absolute Gasteiger partial charge is 0.240 e. The van der Waals surface area contributed by atoms with Crippen LogP contribution < -0.4 is 10.0 Å². The van der Waals surface area contributed by atoms with Crippen LogP contribution in [0.15, 0.2) is 29.2 Å². The van der Waals surface area contributed by atoms with Crippen LogP contribution in [0.5, 0.6) is 0 Å². The lowest BCUT2D eigenvalue weighted by atomic mass is 10.0. The molecule has 1 amide bonds.